The number of fused-ring (bicyclic) bond motifs is 1. The molecule has 2 aromatic rings. The lowest BCUT2D eigenvalue weighted by molar-refractivity contribution is -0.142. The van der Waals surface area contributed by atoms with Gasteiger partial charge in [-0.1, -0.05) is 6.07 Å². The second-order valence-electron chi connectivity index (χ2n) is 3.70. The van der Waals surface area contributed by atoms with Crippen molar-refractivity contribution in [2.75, 3.05) is 7.11 Å². The van der Waals surface area contributed by atoms with Gasteiger partial charge in [0.25, 0.3) is 0 Å². The molecule has 0 saturated carbocycles. The van der Waals surface area contributed by atoms with E-state index in [1.807, 2.05) is 0 Å². The molecule has 2 rings (SSSR count). The van der Waals surface area contributed by atoms with Gasteiger partial charge >= 0.3 is 11.9 Å². The van der Waals surface area contributed by atoms with Crippen LogP contribution < -0.4 is 0 Å². The fourth-order valence-electron chi connectivity index (χ4n) is 1.65. The van der Waals surface area contributed by atoms with Crippen LogP contribution in [0.4, 0.5) is 0 Å². The lowest BCUT2D eigenvalue weighted by Gasteiger charge is -1.98. The van der Waals surface area contributed by atoms with Crippen LogP contribution in [0, 0.1) is 0 Å². The summed E-state index contributed by atoms with van der Waals surface area (Å²) in [5.41, 5.74) is 0.980. The molecule has 0 aliphatic heterocycles. The summed E-state index contributed by atoms with van der Waals surface area (Å²) < 4.78 is 15.0. The van der Waals surface area contributed by atoms with Crippen LogP contribution in [0.2, 0.25) is 0 Å². The molecule has 0 aliphatic carbocycles. The minimum Gasteiger partial charge on any atom is -0.465 e. The standard InChI is InChI=1S/C13H12O5/c1-8(14)17-7-9-6-11-10(13(15)16-2)4-3-5-12(11)18-9/h3-6H,7H2,1-2H3. The van der Waals surface area contributed by atoms with Crippen molar-refractivity contribution < 1.29 is 23.5 Å². The maximum absolute atomic E-state index is 11.6. The van der Waals surface area contributed by atoms with Crippen LogP contribution in [0.3, 0.4) is 0 Å². The molecule has 1 heterocycles. The Morgan fingerprint density at radius 3 is 2.78 bits per heavy atom. The Morgan fingerprint density at radius 2 is 2.11 bits per heavy atom. The number of hydrogen-bond donors (Lipinski definition) is 0. The Hall–Kier alpha value is -2.30. The fraction of sp³-hybridized carbons (Fsp3) is 0.231. The summed E-state index contributed by atoms with van der Waals surface area (Å²) in [5.74, 6) is -0.333. The van der Waals surface area contributed by atoms with Gasteiger partial charge in [-0.15, -0.1) is 0 Å². The Balaban J connectivity index is 2.38. The minimum atomic E-state index is -0.430. The number of rotatable bonds is 3. The first-order valence-corrected chi connectivity index (χ1v) is 5.35. The van der Waals surface area contributed by atoms with E-state index in [0.29, 0.717) is 22.3 Å². The summed E-state index contributed by atoms with van der Waals surface area (Å²) in [6.07, 6.45) is 0. The SMILES string of the molecule is COC(=O)c1cccc2oc(COC(C)=O)cc12. The first-order chi connectivity index (χ1) is 8.61. The maximum Gasteiger partial charge on any atom is 0.338 e. The largest absolute Gasteiger partial charge is 0.465 e. The predicted molar refractivity (Wildman–Crippen MR) is 63.0 cm³/mol. The van der Waals surface area contributed by atoms with E-state index < -0.39 is 5.97 Å². The smallest absolute Gasteiger partial charge is 0.338 e. The van der Waals surface area contributed by atoms with E-state index in [1.54, 1.807) is 24.3 Å². The molecule has 1 aromatic carbocycles. The van der Waals surface area contributed by atoms with Crippen molar-refractivity contribution in [1.82, 2.24) is 0 Å². The molecule has 5 heteroatoms. The van der Waals surface area contributed by atoms with E-state index in [1.165, 1.54) is 14.0 Å². The van der Waals surface area contributed by atoms with Crippen LogP contribution >= 0.6 is 0 Å². The first-order valence-electron chi connectivity index (χ1n) is 5.35. The number of carbonyl (C=O) groups is 2. The topological polar surface area (TPSA) is 65.7 Å². The summed E-state index contributed by atoms with van der Waals surface area (Å²) in [4.78, 5) is 22.3. The van der Waals surface area contributed by atoms with Gasteiger partial charge < -0.3 is 13.9 Å². The van der Waals surface area contributed by atoms with Crippen molar-refractivity contribution in [1.29, 1.82) is 0 Å². The highest BCUT2D eigenvalue weighted by Gasteiger charge is 2.14. The molecule has 0 amide bonds. The number of carbonyl (C=O) groups excluding carboxylic acids is 2. The highest BCUT2D eigenvalue weighted by molar-refractivity contribution is 6.03. The zero-order valence-corrected chi connectivity index (χ0v) is 10.1. The van der Waals surface area contributed by atoms with Crippen LogP contribution in [0.25, 0.3) is 11.0 Å². The number of ether oxygens (including phenoxy) is 2. The Kier molecular flexibility index (Phi) is 3.32. The van der Waals surface area contributed by atoms with Gasteiger partial charge in [0, 0.05) is 12.3 Å². The third-order valence-electron chi connectivity index (χ3n) is 2.44. The van der Waals surface area contributed by atoms with Crippen molar-refractivity contribution >= 4 is 22.9 Å². The molecular weight excluding hydrogens is 236 g/mol. The molecule has 0 aliphatic rings. The summed E-state index contributed by atoms with van der Waals surface area (Å²) in [6.45, 7) is 1.37. The molecule has 0 bridgehead atoms. The molecule has 0 unspecified atom stereocenters. The van der Waals surface area contributed by atoms with Gasteiger partial charge in [0.05, 0.1) is 12.7 Å². The van der Waals surface area contributed by atoms with Crippen molar-refractivity contribution in [3.63, 3.8) is 0 Å². The summed E-state index contributed by atoms with van der Waals surface area (Å²) >= 11 is 0. The van der Waals surface area contributed by atoms with E-state index in [2.05, 4.69) is 4.74 Å². The third kappa shape index (κ3) is 2.34. The number of hydrogen-bond acceptors (Lipinski definition) is 5. The quantitative estimate of drug-likeness (QED) is 0.779. The zero-order valence-electron chi connectivity index (χ0n) is 10.1. The van der Waals surface area contributed by atoms with E-state index in [-0.39, 0.29) is 12.6 Å². The Bertz CT molecular complexity index is 596. The van der Waals surface area contributed by atoms with Crippen LogP contribution in [0.15, 0.2) is 28.7 Å². The third-order valence-corrected chi connectivity index (χ3v) is 2.44. The van der Waals surface area contributed by atoms with Gasteiger partial charge in [-0.3, -0.25) is 4.79 Å². The molecule has 0 N–H and O–H groups in total. The van der Waals surface area contributed by atoms with Crippen molar-refractivity contribution in [2.45, 2.75) is 13.5 Å². The average molecular weight is 248 g/mol. The van der Waals surface area contributed by atoms with E-state index in [4.69, 9.17) is 9.15 Å². The monoisotopic (exact) mass is 248 g/mol. The van der Waals surface area contributed by atoms with Gasteiger partial charge in [0.1, 0.15) is 18.0 Å². The number of benzene rings is 1. The normalized spacial score (nSPS) is 10.3. The highest BCUT2D eigenvalue weighted by Crippen LogP contribution is 2.24. The lowest BCUT2D eigenvalue weighted by atomic mass is 10.1. The molecule has 0 spiro atoms. The summed E-state index contributed by atoms with van der Waals surface area (Å²) in [5, 5.41) is 0.645. The molecule has 94 valence electrons. The number of furan rings is 1. The molecule has 18 heavy (non-hydrogen) atoms. The molecule has 0 atom stereocenters. The van der Waals surface area contributed by atoms with Crippen LogP contribution in [-0.4, -0.2) is 19.0 Å². The highest BCUT2D eigenvalue weighted by atomic mass is 16.5. The van der Waals surface area contributed by atoms with Crippen molar-refractivity contribution in [3.8, 4) is 0 Å². The summed E-state index contributed by atoms with van der Waals surface area (Å²) in [6, 6.07) is 6.76. The molecule has 1 aromatic heterocycles. The fourth-order valence-corrected chi connectivity index (χ4v) is 1.65. The van der Waals surface area contributed by atoms with Crippen molar-refractivity contribution in [2.24, 2.45) is 0 Å². The Labute approximate surface area is 103 Å². The van der Waals surface area contributed by atoms with E-state index in [0.717, 1.165) is 0 Å². The molecule has 0 fully saturated rings. The van der Waals surface area contributed by atoms with Gasteiger partial charge in [-0.05, 0) is 18.2 Å². The van der Waals surface area contributed by atoms with Crippen LogP contribution in [-0.2, 0) is 20.9 Å². The first kappa shape index (κ1) is 12.2. The predicted octanol–water partition coefficient (Wildman–Crippen LogP) is 2.28. The second kappa shape index (κ2) is 4.91. The van der Waals surface area contributed by atoms with Gasteiger partial charge in [0.15, 0.2) is 0 Å². The zero-order chi connectivity index (χ0) is 13.1. The lowest BCUT2D eigenvalue weighted by Crippen LogP contribution is -2.00. The molecule has 5 nitrogen and oxygen atoms in total. The molecule has 0 saturated heterocycles. The van der Waals surface area contributed by atoms with E-state index >= 15 is 0 Å². The Morgan fingerprint density at radius 1 is 1.33 bits per heavy atom. The van der Waals surface area contributed by atoms with Crippen LogP contribution in [0.1, 0.15) is 23.0 Å². The van der Waals surface area contributed by atoms with Gasteiger partial charge in [-0.2, -0.15) is 0 Å². The second-order valence-corrected chi connectivity index (χ2v) is 3.70. The van der Waals surface area contributed by atoms with Gasteiger partial charge in [-0.25, -0.2) is 4.79 Å². The molecule has 0 radical (unpaired) electrons. The minimum absolute atomic E-state index is 0.0463. The summed E-state index contributed by atoms with van der Waals surface area (Å²) in [7, 11) is 1.32. The van der Waals surface area contributed by atoms with E-state index in [9.17, 15) is 9.59 Å². The number of methoxy groups -OCH3 is 1. The van der Waals surface area contributed by atoms with Crippen LogP contribution in [0.5, 0.6) is 0 Å². The van der Waals surface area contributed by atoms with Gasteiger partial charge in [0.2, 0.25) is 0 Å². The molecular formula is C13H12O5. The maximum atomic E-state index is 11.6. The number of esters is 2. The average Bonchev–Trinajstić information content (AvgIpc) is 2.77. The van der Waals surface area contributed by atoms with Crippen molar-refractivity contribution in [3.05, 3.63) is 35.6 Å².